The molecule has 0 aromatic carbocycles. The van der Waals surface area contributed by atoms with Gasteiger partial charge in [-0.1, -0.05) is 146 Å². The van der Waals surface area contributed by atoms with Gasteiger partial charge in [-0.2, -0.15) is 0 Å². The summed E-state index contributed by atoms with van der Waals surface area (Å²) in [5, 5.41) is 20.2. The maximum Gasteiger partial charge on any atom is 0.0585 e. The Bertz CT molecular complexity index is 1190. The van der Waals surface area contributed by atoms with Crippen LogP contribution in [0.3, 0.4) is 0 Å². The van der Waals surface area contributed by atoms with Crippen LogP contribution in [0.15, 0.2) is 130 Å². The summed E-state index contributed by atoms with van der Waals surface area (Å²) >= 11 is 0. The first kappa shape index (κ1) is 35.3. The summed E-state index contributed by atoms with van der Waals surface area (Å²) in [7, 11) is 0. The third kappa shape index (κ3) is 11.7. The van der Waals surface area contributed by atoms with Crippen molar-refractivity contribution in [1.29, 1.82) is 0 Å². The Labute approximate surface area is 257 Å². The molecule has 0 aromatic heterocycles. The highest BCUT2D eigenvalue weighted by molar-refractivity contribution is 5.39. The Morgan fingerprint density at radius 1 is 0.548 bits per heavy atom. The van der Waals surface area contributed by atoms with E-state index in [1.807, 2.05) is 0 Å². The minimum absolute atomic E-state index is 0.00547. The van der Waals surface area contributed by atoms with Crippen LogP contribution in [0.1, 0.15) is 94.9 Å². The van der Waals surface area contributed by atoms with Crippen molar-refractivity contribution in [1.82, 2.24) is 0 Å². The highest BCUT2D eigenvalue weighted by Crippen LogP contribution is 2.42. The molecule has 2 N–H and O–H groups in total. The minimum Gasteiger partial charge on any atom is -0.393 e. The average Bonchev–Trinajstić information content (AvgIpc) is 2.84. The molecule has 0 heterocycles. The van der Waals surface area contributed by atoms with Gasteiger partial charge in [-0.15, -0.1) is 0 Å². The lowest BCUT2D eigenvalue weighted by Gasteiger charge is -2.35. The van der Waals surface area contributed by atoms with Gasteiger partial charge in [-0.05, 0) is 89.2 Å². The molecule has 0 radical (unpaired) electrons. The number of aliphatic hydroxyl groups is 2. The van der Waals surface area contributed by atoms with Crippen molar-refractivity contribution < 1.29 is 10.2 Å². The molecule has 0 bridgehead atoms. The molecule has 0 aromatic rings. The van der Waals surface area contributed by atoms with E-state index in [0.29, 0.717) is 0 Å². The lowest BCUT2D eigenvalue weighted by Crippen LogP contribution is -2.28. The maximum atomic E-state index is 10.1. The molecule has 42 heavy (non-hydrogen) atoms. The van der Waals surface area contributed by atoms with E-state index in [1.54, 1.807) is 0 Å². The van der Waals surface area contributed by atoms with Crippen molar-refractivity contribution in [2.75, 3.05) is 0 Å². The fraction of sp³-hybridized carbons (Fsp3) is 0.450. The van der Waals surface area contributed by atoms with Gasteiger partial charge in [0, 0.05) is 0 Å². The molecule has 0 aliphatic heterocycles. The van der Waals surface area contributed by atoms with Gasteiger partial charge in [0.1, 0.15) is 0 Å². The van der Waals surface area contributed by atoms with Gasteiger partial charge in [0.05, 0.1) is 12.2 Å². The fourth-order valence-electron chi connectivity index (χ4n) is 6.13. The van der Waals surface area contributed by atoms with E-state index < -0.39 is 0 Å². The normalized spacial score (nSPS) is 25.0. The van der Waals surface area contributed by atoms with E-state index in [9.17, 15) is 10.2 Å². The van der Waals surface area contributed by atoms with Crippen molar-refractivity contribution in [2.45, 2.75) is 107 Å². The van der Waals surface area contributed by atoms with Gasteiger partial charge >= 0.3 is 0 Å². The number of hydrogen-bond acceptors (Lipinski definition) is 2. The van der Waals surface area contributed by atoms with Crippen LogP contribution in [-0.2, 0) is 0 Å². The molecule has 2 rings (SSSR count). The van der Waals surface area contributed by atoms with E-state index in [2.05, 4.69) is 154 Å². The summed E-state index contributed by atoms with van der Waals surface area (Å²) in [6.07, 6.45) is 32.6. The standard InChI is InChI=1S/C40H56O2/c1-29(17-13-19-31(3)21-23-37-33(5)25-35(41)27-39(37,7)8)15-11-12-16-30(2)18-14-20-32(4)22-24-38-34(6)26-36(42)28-40(38,9)10/h11-24,35-36,41-42H,25-28H2,1-10H3/t35-,36-/m1/s1. The predicted molar refractivity (Wildman–Crippen MR) is 184 cm³/mol. The molecule has 2 nitrogen and oxygen atoms in total. The molecule has 0 saturated heterocycles. The lowest BCUT2D eigenvalue weighted by molar-refractivity contribution is 0.116. The summed E-state index contributed by atoms with van der Waals surface area (Å²) in [6.45, 7) is 21.6. The topological polar surface area (TPSA) is 40.5 Å². The molecule has 0 fully saturated rings. The van der Waals surface area contributed by atoms with Crippen LogP contribution in [-0.4, -0.2) is 22.4 Å². The Kier molecular flexibility index (Phi) is 13.5. The minimum atomic E-state index is -0.227. The van der Waals surface area contributed by atoms with Gasteiger partial charge in [0.2, 0.25) is 0 Å². The van der Waals surface area contributed by atoms with Gasteiger partial charge < -0.3 is 10.2 Å². The van der Waals surface area contributed by atoms with E-state index in [4.69, 9.17) is 0 Å². The Morgan fingerprint density at radius 3 is 1.19 bits per heavy atom. The number of allylic oxidation sites excluding steroid dienone is 20. The van der Waals surface area contributed by atoms with Gasteiger partial charge in [0.15, 0.2) is 0 Å². The summed E-state index contributed by atoms with van der Waals surface area (Å²) in [5.74, 6) is 0. The van der Waals surface area contributed by atoms with Gasteiger partial charge in [0.25, 0.3) is 0 Å². The first-order chi connectivity index (χ1) is 19.6. The molecule has 2 heteroatoms. The monoisotopic (exact) mass is 568 g/mol. The molecular weight excluding hydrogens is 512 g/mol. The van der Waals surface area contributed by atoms with Crippen molar-refractivity contribution in [3.05, 3.63) is 130 Å². The highest BCUT2D eigenvalue weighted by atomic mass is 16.3. The fourth-order valence-corrected chi connectivity index (χ4v) is 6.13. The first-order valence-corrected chi connectivity index (χ1v) is 15.5. The Hall–Kier alpha value is -2.94. The molecule has 2 atom stereocenters. The zero-order chi connectivity index (χ0) is 31.5. The number of aliphatic hydroxyl groups excluding tert-OH is 2. The second kappa shape index (κ2) is 16.1. The second-order valence-electron chi connectivity index (χ2n) is 13.7. The van der Waals surface area contributed by atoms with Crippen LogP contribution in [0.25, 0.3) is 0 Å². The first-order valence-electron chi connectivity index (χ1n) is 15.5. The largest absolute Gasteiger partial charge is 0.393 e. The summed E-state index contributed by atoms with van der Waals surface area (Å²) in [4.78, 5) is 0. The van der Waals surface area contributed by atoms with Gasteiger partial charge in [-0.25, -0.2) is 0 Å². The maximum absolute atomic E-state index is 10.1. The third-order valence-electron chi connectivity index (χ3n) is 8.24. The van der Waals surface area contributed by atoms with E-state index >= 15 is 0 Å². The van der Waals surface area contributed by atoms with Crippen LogP contribution < -0.4 is 0 Å². The number of rotatable bonds is 10. The van der Waals surface area contributed by atoms with E-state index in [1.165, 1.54) is 44.6 Å². The summed E-state index contributed by atoms with van der Waals surface area (Å²) in [5.41, 5.74) is 10.1. The SMILES string of the molecule is CC(C=CC=C(C)C=CC1=C(C)C[C@@H](O)CC1(C)C)=CC=CC=C(C)C=CC=C(C)C=CC1=C(C)C[C@@H](O)CC1(C)C. The Morgan fingerprint density at radius 2 is 0.857 bits per heavy atom. The summed E-state index contributed by atoms with van der Waals surface area (Å²) < 4.78 is 0. The zero-order valence-corrected chi connectivity index (χ0v) is 28.0. The molecular formula is C40H56O2. The molecule has 0 saturated carbocycles. The molecule has 2 aliphatic rings. The molecule has 228 valence electrons. The summed E-state index contributed by atoms with van der Waals surface area (Å²) in [6, 6.07) is 0. The van der Waals surface area contributed by atoms with Gasteiger partial charge in [-0.3, -0.25) is 0 Å². The van der Waals surface area contributed by atoms with Crippen LogP contribution in [0.5, 0.6) is 0 Å². The smallest absolute Gasteiger partial charge is 0.0585 e. The average molecular weight is 569 g/mol. The highest BCUT2D eigenvalue weighted by Gasteiger charge is 2.32. The quantitative estimate of drug-likeness (QED) is 0.257. The Balaban J connectivity index is 1.90. The van der Waals surface area contributed by atoms with Crippen molar-refractivity contribution >= 4 is 0 Å². The molecule has 0 unspecified atom stereocenters. The zero-order valence-electron chi connectivity index (χ0n) is 28.0. The number of hydrogen-bond donors (Lipinski definition) is 2. The predicted octanol–water partition coefficient (Wildman–Crippen LogP) is 10.5. The van der Waals surface area contributed by atoms with E-state index in [-0.39, 0.29) is 23.0 Å². The van der Waals surface area contributed by atoms with Crippen molar-refractivity contribution in [3.8, 4) is 0 Å². The van der Waals surface area contributed by atoms with Crippen LogP contribution in [0, 0.1) is 10.8 Å². The van der Waals surface area contributed by atoms with Crippen molar-refractivity contribution in [3.63, 3.8) is 0 Å². The molecule has 2 aliphatic carbocycles. The van der Waals surface area contributed by atoms with Crippen LogP contribution in [0.4, 0.5) is 0 Å². The van der Waals surface area contributed by atoms with Crippen molar-refractivity contribution in [2.24, 2.45) is 10.8 Å². The van der Waals surface area contributed by atoms with E-state index in [0.717, 1.165) is 25.7 Å². The molecule has 0 amide bonds. The second-order valence-corrected chi connectivity index (χ2v) is 13.7. The lowest BCUT2D eigenvalue weighted by atomic mass is 9.71. The van der Waals surface area contributed by atoms with Crippen LogP contribution in [0.2, 0.25) is 0 Å². The van der Waals surface area contributed by atoms with Crippen LogP contribution >= 0.6 is 0 Å². The third-order valence-corrected chi connectivity index (χ3v) is 8.24. The molecule has 0 spiro atoms.